The van der Waals surface area contributed by atoms with Gasteiger partial charge in [0.25, 0.3) is 0 Å². The zero-order valence-corrected chi connectivity index (χ0v) is 23.9. The van der Waals surface area contributed by atoms with E-state index in [1.54, 1.807) is 30.3 Å². The monoisotopic (exact) mass is 569 g/mol. The van der Waals surface area contributed by atoms with Crippen LogP contribution in [0.15, 0.2) is 91.0 Å². The maximum atomic E-state index is 12.5. The van der Waals surface area contributed by atoms with Crippen LogP contribution in [-0.4, -0.2) is 50.1 Å². The van der Waals surface area contributed by atoms with Gasteiger partial charge < -0.3 is 19.7 Å². The van der Waals surface area contributed by atoms with E-state index in [0.29, 0.717) is 22.7 Å². The Kier molecular flexibility index (Phi) is 8.87. The van der Waals surface area contributed by atoms with Crippen LogP contribution in [0, 0.1) is 0 Å². The van der Waals surface area contributed by atoms with Crippen LogP contribution in [0.25, 0.3) is 11.1 Å². The molecule has 1 saturated heterocycles. The van der Waals surface area contributed by atoms with Gasteiger partial charge >= 0.3 is 5.97 Å². The summed E-state index contributed by atoms with van der Waals surface area (Å²) >= 11 is 6.10. The number of hydrogen-bond donors (Lipinski definition) is 1. The molecular weight excluding hydrogens is 538 g/mol. The number of rotatable bonds is 8. The summed E-state index contributed by atoms with van der Waals surface area (Å²) in [6.45, 7) is 5.79. The minimum atomic E-state index is -0.467. The zero-order valence-electron chi connectivity index (χ0n) is 23.1. The van der Waals surface area contributed by atoms with Crippen molar-refractivity contribution in [2.45, 2.75) is 13.5 Å². The highest BCUT2D eigenvalue weighted by Gasteiger charge is 2.21. The van der Waals surface area contributed by atoms with Crippen LogP contribution in [-0.2, 0) is 16.1 Å². The van der Waals surface area contributed by atoms with Crippen molar-refractivity contribution in [3.63, 3.8) is 0 Å². The Balaban J connectivity index is 1.28. The van der Waals surface area contributed by atoms with E-state index in [2.05, 4.69) is 51.5 Å². The number of ether oxygens (including phenoxy) is 2. The van der Waals surface area contributed by atoms with Crippen LogP contribution in [0.4, 0.5) is 11.4 Å². The second kappa shape index (κ2) is 12.9. The molecule has 1 aliphatic rings. The predicted octanol–water partition coefficient (Wildman–Crippen LogP) is 6.87. The first-order chi connectivity index (χ1) is 19.9. The molecule has 0 unspecified atom stereocenters. The van der Waals surface area contributed by atoms with Crippen molar-refractivity contribution >= 4 is 34.9 Å². The van der Waals surface area contributed by atoms with Gasteiger partial charge in [0.05, 0.1) is 7.11 Å². The van der Waals surface area contributed by atoms with Gasteiger partial charge in [-0.25, -0.2) is 4.79 Å². The fourth-order valence-corrected chi connectivity index (χ4v) is 5.11. The molecule has 0 aliphatic carbocycles. The average molecular weight is 570 g/mol. The van der Waals surface area contributed by atoms with Crippen LogP contribution in [0.5, 0.6) is 11.5 Å². The lowest BCUT2D eigenvalue weighted by Crippen LogP contribution is -2.46. The second-order valence-electron chi connectivity index (χ2n) is 9.91. The molecule has 7 nitrogen and oxygen atoms in total. The SMILES string of the molecule is COC(=O)c1ccc(N2CCN(Cc3ccccc3-c3ccc(Cl)cc3)CC2)cc1Oc1ccc(NC(C)=O)cc1. The number of carbonyl (C=O) groups is 2. The molecule has 5 rings (SSSR count). The van der Waals surface area contributed by atoms with E-state index < -0.39 is 5.97 Å². The molecule has 210 valence electrons. The Morgan fingerprint density at radius 2 is 1.59 bits per heavy atom. The minimum absolute atomic E-state index is 0.148. The number of benzene rings is 4. The molecule has 8 heteroatoms. The van der Waals surface area contributed by atoms with E-state index in [1.165, 1.54) is 25.2 Å². The molecule has 1 aliphatic heterocycles. The molecule has 1 amide bonds. The van der Waals surface area contributed by atoms with Gasteiger partial charge in [-0.2, -0.15) is 0 Å². The minimum Gasteiger partial charge on any atom is -0.465 e. The fraction of sp³-hybridized carbons (Fsp3) is 0.212. The molecule has 1 N–H and O–H groups in total. The van der Waals surface area contributed by atoms with Gasteiger partial charge in [-0.15, -0.1) is 0 Å². The molecule has 0 spiro atoms. The second-order valence-corrected chi connectivity index (χ2v) is 10.3. The molecule has 0 atom stereocenters. The molecule has 0 bridgehead atoms. The Morgan fingerprint density at radius 1 is 0.878 bits per heavy atom. The number of esters is 1. The van der Waals surface area contributed by atoms with Crippen molar-refractivity contribution < 1.29 is 19.1 Å². The summed E-state index contributed by atoms with van der Waals surface area (Å²) in [7, 11) is 1.35. The summed E-state index contributed by atoms with van der Waals surface area (Å²) in [4.78, 5) is 28.6. The summed E-state index contributed by atoms with van der Waals surface area (Å²) in [5.41, 5.74) is 5.65. The summed E-state index contributed by atoms with van der Waals surface area (Å²) in [5.74, 6) is 0.349. The highest BCUT2D eigenvalue weighted by molar-refractivity contribution is 6.30. The van der Waals surface area contributed by atoms with Gasteiger partial charge in [0.1, 0.15) is 17.1 Å². The van der Waals surface area contributed by atoms with E-state index in [9.17, 15) is 9.59 Å². The molecule has 1 heterocycles. The van der Waals surface area contributed by atoms with E-state index >= 15 is 0 Å². The van der Waals surface area contributed by atoms with Crippen LogP contribution < -0.4 is 15.0 Å². The molecular formula is C33H32ClN3O4. The molecule has 0 saturated carbocycles. The maximum absolute atomic E-state index is 12.5. The van der Waals surface area contributed by atoms with E-state index in [-0.39, 0.29) is 5.91 Å². The van der Waals surface area contributed by atoms with Crippen LogP contribution in [0.3, 0.4) is 0 Å². The van der Waals surface area contributed by atoms with Gasteiger partial charge in [-0.1, -0.05) is 48.0 Å². The average Bonchev–Trinajstić information content (AvgIpc) is 2.99. The van der Waals surface area contributed by atoms with E-state index in [1.807, 2.05) is 24.3 Å². The lowest BCUT2D eigenvalue weighted by atomic mass is 9.99. The summed E-state index contributed by atoms with van der Waals surface area (Å²) in [6.07, 6.45) is 0. The summed E-state index contributed by atoms with van der Waals surface area (Å²) < 4.78 is 11.1. The molecule has 4 aromatic rings. The van der Waals surface area contributed by atoms with E-state index in [0.717, 1.165) is 49.0 Å². The van der Waals surface area contributed by atoms with Gasteiger partial charge in [0.15, 0.2) is 0 Å². The van der Waals surface area contributed by atoms with Crippen molar-refractivity contribution in [1.82, 2.24) is 4.90 Å². The Bertz CT molecular complexity index is 1510. The number of carbonyl (C=O) groups excluding carboxylic acids is 2. The first-order valence-electron chi connectivity index (χ1n) is 13.5. The number of nitrogens with one attached hydrogen (secondary N) is 1. The van der Waals surface area contributed by atoms with E-state index in [4.69, 9.17) is 21.1 Å². The lowest BCUT2D eigenvalue weighted by Gasteiger charge is -2.36. The third-order valence-corrected chi connectivity index (χ3v) is 7.33. The van der Waals surface area contributed by atoms with Crippen molar-refractivity contribution in [2.24, 2.45) is 0 Å². The number of anilines is 2. The number of amides is 1. The standard InChI is InChI=1S/C33H32ClN3O4/c1-23(38)35-27-11-14-29(15-12-27)41-32-21-28(13-16-31(32)33(39)40-2)37-19-17-36(18-20-37)22-25-5-3-4-6-30(25)24-7-9-26(34)10-8-24/h3-16,21H,17-20,22H2,1-2H3,(H,35,38). The lowest BCUT2D eigenvalue weighted by molar-refractivity contribution is -0.114. The number of piperazine rings is 1. The third kappa shape index (κ3) is 7.06. The normalized spacial score (nSPS) is 13.5. The summed E-state index contributed by atoms with van der Waals surface area (Å²) in [6, 6.07) is 29.1. The molecule has 0 aromatic heterocycles. The van der Waals surface area contributed by atoms with Gasteiger partial charge in [0.2, 0.25) is 5.91 Å². The van der Waals surface area contributed by atoms with Gasteiger partial charge in [0, 0.05) is 62.1 Å². The predicted molar refractivity (Wildman–Crippen MR) is 163 cm³/mol. The summed E-state index contributed by atoms with van der Waals surface area (Å²) in [5, 5.41) is 3.47. The van der Waals surface area contributed by atoms with Crippen LogP contribution >= 0.6 is 11.6 Å². The Morgan fingerprint density at radius 3 is 2.27 bits per heavy atom. The third-order valence-electron chi connectivity index (χ3n) is 7.08. The molecule has 41 heavy (non-hydrogen) atoms. The topological polar surface area (TPSA) is 71.1 Å². The highest BCUT2D eigenvalue weighted by Crippen LogP contribution is 2.32. The number of halogens is 1. The Hall–Kier alpha value is -4.33. The first-order valence-corrected chi connectivity index (χ1v) is 13.9. The van der Waals surface area contributed by atoms with Gasteiger partial charge in [-0.05, 0) is 65.2 Å². The van der Waals surface area contributed by atoms with Crippen LogP contribution in [0.1, 0.15) is 22.8 Å². The van der Waals surface area contributed by atoms with Crippen molar-refractivity contribution in [3.8, 4) is 22.6 Å². The molecule has 0 radical (unpaired) electrons. The first kappa shape index (κ1) is 28.2. The van der Waals surface area contributed by atoms with Crippen molar-refractivity contribution in [3.05, 3.63) is 107 Å². The largest absolute Gasteiger partial charge is 0.465 e. The van der Waals surface area contributed by atoms with Crippen LogP contribution in [0.2, 0.25) is 5.02 Å². The van der Waals surface area contributed by atoms with Gasteiger partial charge in [-0.3, -0.25) is 9.69 Å². The number of nitrogens with zero attached hydrogens (tertiary/aromatic N) is 2. The highest BCUT2D eigenvalue weighted by atomic mass is 35.5. The number of methoxy groups -OCH3 is 1. The molecule has 1 fully saturated rings. The smallest absolute Gasteiger partial charge is 0.341 e. The maximum Gasteiger partial charge on any atom is 0.341 e. The quantitative estimate of drug-likeness (QED) is 0.234. The van der Waals surface area contributed by atoms with Crippen molar-refractivity contribution in [2.75, 3.05) is 43.5 Å². The zero-order chi connectivity index (χ0) is 28.8. The number of hydrogen-bond acceptors (Lipinski definition) is 6. The Labute approximate surface area is 245 Å². The molecule has 4 aromatic carbocycles. The fourth-order valence-electron chi connectivity index (χ4n) is 4.98. The van der Waals surface area contributed by atoms with Crippen molar-refractivity contribution in [1.29, 1.82) is 0 Å².